The maximum Gasteiger partial charge on any atom is 0.0749 e. The van der Waals surface area contributed by atoms with Gasteiger partial charge in [0.2, 0.25) is 0 Å². The summed E-state index contributed by atoms with van der Waals surface area (Å²) >= 11 is 0. The summed E-state index contributed by atoms with van der Waals surface area (Å²) in [5.74, 6) is 1.64. The molecule has 0 amide bonds. The summed E-state index contributed by atoms with van der Waals surface area (Å²) in [7, 11) is 0. The Labute approximate surface area is 85.5 Å². The van der Waals surface area contributed by atoms with E-state index in [4.69, 9.17) is 0 Å². The second-order valence-electron chi connectivity index (χ2n) is 4.55. The van der Waals surface area contributed by atoms with Crippen LogP contribution in [0.5, 0.6) is 0 Å². The lowest BCUT2D eigenvalue weighted by molar-refractivity contribution is 0.322. The van der Waals surface area contributed by atoms with Gasteiger partial charge in [-0.3, -0.25) is 5.10 Å². The molecule has 1 atom stereocenters. The summed E-state index contributed by atoms with van der Waals surface area (Å²) in [5.41, 5.74) is 1.25. The third-order valence-electron chi connectivity index (χ3n) is 3.25. The SMILES string of the molecule is CC(C)C1CCCN(c2cn[nH]c2)C1. The minimum Gasteiger partial charge on any atom is -0.369 e. The lowest BCUT2D eigenvalue weighted by Gasteiger charge is -2.35. The largest absolute Gasteiger partial charge is 0.369 e. The Balaban J connectivity index is 2.01. The number of rotatable bonds is 2. The normalized spacial score (nSPS) is 23.1. The van der Waals surface area contributed by atoms with Crippen molar-refractivity contribution < 1.29 is 0 Å². The molecule has 1 aromatic heterocycles. The van der Waals surface area contributed by atoms with Gasteiger partial charge in [0.15, 0.2) is 0 Å². The fraction of sp³-hybridized carbons (Fsp3) is 0.727. The number of H-pyrrole nitrogens is 1. The molecule has 0 radical (unpaired) electrons. The Morgan fingerprint density at radius 1 is 1.57 bits per heavy atom. The molecule has 0 saturated carbocycles. The number of hydrogen-bond acceptors (Lipinski definition) is 2. The van der Waals surface area contributed by atoms with Gasteiger partial charge in [-0.25, -0.2) is 0 Å². The molecule has 1 aromatic rings. The first-order valence-corrected chi connectivity index (χ1v) is 5.51. The summed E-state index contributed by atoms with van der Waals surface area (Å²) in [6, 6.07) is 0. The summed E-state index contributed by atoms with van der Waals surface area (Å²) in [6.07, 6.45) is 6.60. The average Bonchev–Trinajstić information content (AvgIpc) is 2.71. The predicted octanol–water partition coefficient (Wildman–Crippen LogP) is 2.28. The Bertz CT molecular complexity index is 266. The lowest BCUT2D eigenvalue weighted by Crippen LogP contribution is -2.37. The zero-order valence-corrected chi connectivity index (χ0v) is 9.03. The smallest absolute Gasteiger partial charge is 0.0749 e. The fourth-order valence-electron chi connectivity index (χ4n) is 2.21. The van der Waals surface area contributed by atoms with E-state index in [-0.39, 0.29) is 0 Å². The van der Waals surface area contributed by atoms with Gasteiger partial charge in [-0.05, 0) is 24.7 Å². The van der Waals surface area contributed by atoms with E-state index in [9.17, 15) is 0 Å². The molecular weight excluding hydrogens is 174 g/mol. The van der Waals surface area contributed by atoms with Crippen molar-refractivity contribution in [2.75, 3.05) is 18.0 Å². The van der Waals surface area contributed by atoms with Crippen molar-refractivity contribution in [3.63, 3.8) is 0 Å². The van der Waals surface area contributed by atoms with Crippen LogP contribution in [0.15, 0.2) is 12.4 Å². The highest BCUT2D eigenvalue weighted by molar-refractivity contribution is 5.42. The molecule has 1 fully saturated rings. The zero-order chi connectivity index (χ0) is 9.97. The maximum absolute atomic E-state index is 4.00. The van der Waals surface area contributed by atoms with Gasteiger partial charge in [0.25, 0.3) is 0 Å². The second kappa shape index (κ2) is 4.03. The molecule has 14 heavy (non-hydrogen) atoms. The molecule has 1 N–H and O–H groups in total. The maximum atomic E-state index is 4.00. The van der Waals surface area contributed by atoms with Crippen molar-refractivity contribution in [2.45, 2.75) is 26.7 Å². The molecule has 3 heteroatoms. The average molecular weight is 193 g/mol. The van der Waals surface area contributed by atoms with Crippen LogP contribution in [-0.4, -0.2) is 23.3 Å². The summed E-state index contributed by atoms with van der Waals surface area (Å²) in [4.78, 5) is 2.44. The summed E-state index contributed by atoms with van der Waals surface area (Å²) in [6.45, 7) is 7.02. The first-order valence-electron chi connectivity index (χ1n) is 5.51. The summed E-state index contributed by atoms with van der Waals surface area (Å²) < 4.78 is 0. The first-order chi connectivity index (χ1) is 6.77. The second-order valence-corrected chi connectivity index (χ2v) is 4.55. The van der Waals surface area contributed by atoms with Crippen molar-refractivity contribution in [2.24, 2.45) is 11.8 Å². The Morgan fingerprint density at radius 2 is 2.43 bits per heavy atom. The summed E-state index contributed by atoms with van der Waals surface area (Å²) in [5, 5.41) is 6.88. The molecule has 0 bridgehead atoms. The fourth-order valence-corrected chi connectivity index (χ4v) is 2.21. The number of aromatic nitrogens is 2. The Hall–Kier alpha value is -0.990. The van der Waals surface area contributed by atoms with E-state index in [0.717, 1.165) is 11.8 Å². The van der Waals surface area contributed by atoms with E-state index in [2.05, 4.69) is 28.9 Å². The molecule has 0 spiro atoms. The molecule has 78 valence electrons. The van der Waals surface area contributed by atoms with Crippen molar-refractivity contribution in [1.82, 2.24) is 10.2 Å². The molecule has 0 aromatic carbocycles. The molecule has 1 unspecified atom stereocenters. The van der Waals surface area contributed by atoms with E-state index in [1.165, 1.54) is 31.6 Å². The minimum atomic E-state index is 0.796. The number of hydrogen-bond donors (Lipinski definition) is 1. The number of anilines is 1. The minimum absolute atomic E-state index is 0.796. The van der Waals surface area contributed by atoms with Crippen molar-refractivity contribution in [3.8, 4) is 0 Å². The van der Waals surface area contributed by atoms with Crippen molar-refractivity contribution in [3.05, 3.63) is 12.4 Å². The third kappa shape index (κ3) is 1.91. The van der Waals surface area contributed by atoms with Crippen LogP contribution in [-0.2, 0) is 0 Å². The Kier molecular flexibility index (Phi) is 2.75. The van der Waals surface area contributed by atoms with E-state index in [1.54, 1.807) is 0 Å². The van der Waals surface area contributed by atoms with Gasteiger partial charge in [-0.1, -0.05) is 13.8 Å². The molecule has 1 aliphatic rings. The van der Waals surface area contributed by atoms with Gasteiger partial charge >= 0.3 is 0 Å². The van der Waals surface area contributed by atoms with Crippen molar-refractivity contribution >= 4 is 5.69 Å². The predicted molar refractivity (Wildman–Crippen MR) is 58.4 cm³/mol. The molecule has 1 aliphatic heterocycles. The van der Waals surface area contributed by atoms with Crippen LogP contribution in [0.25, 0.3) is 0 Å². The molecule has 2 heterocycles. The van der Waals surface area contributed by atoms with E-state index < -0.39 is 0 Å². The van der Waals surface area contributed by atoms with Gasteiger partial charge < -0.3 is 4.90 Å². The highest BCUT2D eigenvalue weighted by atomic mass is 15.2. The number of aromatic amines is 1. The Morgan fingerprint density at radius 3 is 3.07 bits per heavy atom. The molecule has 2 rings (SSSR count). The molecule has 0 aliphatic carbocycles. The quantitative estimate of drug-likeness (QED) is 0.781. The standard InChI is InChI=1S/C11H19N3/c1-9(2)10-4-3-5-14(8-10)11-6-12-13-7-11/h6-7,9-10H,3-5,8H2,1-2H3,(H,12,13). The number of piperidine rings is 1. The van der Waals surface area contributed by atoms with Gasteiger partial charge in [0, 0.05) is 19.3 Å². The van der Waals surface area contributed by atoms with E-state index >= 15 is 0 Å². The highest BCUT2D eigenvalue weighted by Crippen LogP contribution is 2.26. The van der Waals surface area contributed by atoms with Crippen LogP contribution in [0.2, 0.25) is 0 Å². The van der Waals surface area contributed by atoms with Crippen LogP contribution < -0.4 is 4.90 Å². The van der Waals surface area contributed by atoms with Crippen molar-refractivity contribution in [1.29, 1.82) is 0 Å². The van der Waals surface area contributed by atoms with Gasteiger partial charge in [0.1, 0.15) is 0 Å². The van der Waals surface area contributed by atoms with Gasteiger partial charge in [-0.15, -0.1) is 0 Å². The molecule has 1 saturated heterocycles. The van der Waals surface area contributed by atoms with Gasteiger partial charge in [-0.2, -0.15) is 5.10 Å². The molecular formula is C11H19N3. The van der Waals surface area contributed by atoms with E-state index in [1.807, 2.05) is 12.4 Å². The monoisotopic (exact) mass is 193 g/mol. The van der Waals surface area contributed by atoms with Crippen LogP contribution in [0.1, 0.15) is 26.7 Å². The first kappa shape index (κ1) is 9.56. The topological polar surface area (TPSA) is 31.9 Å². The van der Waals surface area contributed by atoms with Crippen LogP contribution in [0.3, 0.4) is 0 Å². The van der Waals surface area contributed by atoms with Gasteiger partial charge in [0.05, 0.1) is 11.9 Å². The number of nitrogens with one attached hydrogen (secondary N) is 1. The molecule has 3 nitrogen and oxygen atoms in total. The van der Waals surface area contributed by atoms with Crippen LogP contribution in [0.4, 0.5) is 5.69 Å². The zero-order valence-electron chi connectivity index (χ0n) is 9.03. The van der Waals surface area contributed by atoms with Crippen LogP contribution in [0, 0.1) is 11.8 Å². The van der Waals surface area contributed by atoms with Crippen LogP contribution >= 0.6 is 0 Å². The van der Waals surface area contributed by atoms with E-state index in [0.29, 0.717) is 0 Å². The highest BCUT2D eigenvalue weighted by Gasteiger charge is 2.22. The third-order valence-corrected chi connectivity index (χ3v) is 3.25. The lowest BCUT2D eigenvalue weighted by atomic mass is 9.88. The number of nitrogens with zero attached hydrogens (tertiary/aromatic N) is 2.